The van der Waals surface area contributed by atoms with Gasteiger partial charge in [0.1, 0.15) is 0 Å². The van der Waals surface area contributed by atoms with Crippen LogP contribution >= 0.6 is 35.0 Å². The highest BCUT2D eigenvalue weighted by molar-refractivity contribution is 7.99. The lowest BCUT2D eigenvalue weighted by Crippen LogP contribution is -2.27. The van der Waals surface area contributed by atoms with Gasteiger partial charge in [-0.3, -0.25) is 0 Å². The number of thioether (sulfide) groups is 1. The second-order valence-corrected chi connectivity index (χ2v) is 6.47. The van der Waals surface area contributed by atoms with Crippen LogP contribution in [-0.4, -0.2) is 17.5 Å². The molecular weight excluding hydrogens is 271 g/mol. The van der Waals surface area contributed by atoms with Gasteiger partial charge in [-0.05, 0) is 35.8 Å². The van der Waals surface area contributed by atoms with Gasteiger partial charge in [-0.1, -0.05) is 25.1 Å². The first-order valence-electron chi connectivity index (χ1n) is 6.08. The Labute approximate surface area is 118 Å². The molecule has 0 radical (unpaired) electrons. The Morgan fingerprint density at radius 1 is 1.29 bits per heavy atom. The molecule has 0 nitrogen and oxygen atoms in total. The van der Waals surface area contributed by atoms with E-state index in [-0.39, 0.29) is 5.41 Å². The van der Waals surface area contributed by atoms with Crippen LogP contribution in [0.3, 0.4) is 0 Å². The summed E-state index contributed by atoms with van der Waals surface area (Å²) in [5.74, 6) is 3.12. The van der Waals surface area contributed by atoms with Crippen LogP contribution < -0.4 is 0 Å². The Morgan fingerprint density at radius 2 is 2.00 bits per heavy atom. The van der Waals surface area contributed by atoms with Crippen LogP contribution in [0.5, 0.6) is 0 Å². The largest absolute Gasteiger partial charge is 0.126 e. The normalized spacial score (nSPS) is 19.4. The molecule has 1 aromatic carbocycles. The summed E-state index contributed by atoms with van der Waals surface area (Å²) in [6, 6.07) is 8.72. The zero-order valence-electron chi connectivity index (χ0n) is 10.1. The highest BCUT2D eigenvalue weighted by Crippen LogP contribution is 2.46. The van der Waals surface area contributed by atoms with E-state index >= 15 is 0 Å². The van der Waals surface area contributed by atoms with E-state index < -0.39 is 0 Å². The van der Waals surface area contributed by atoms with Gasteiger partial charge >= 0.3 is 0 Å². The fourth-order valence-electron chi connectivity index (χ4n) is 2.40. The summed E-state index contributed by atoms with van der Waals surface area (Å²) in [7, 11) is 0. The standard InChI is InChI=1S/C14H18Cl2S/c1-2-14(9-15,10-16)7-11-8-17-13-6-4-3-5-12(11)13/h3-6,11H,2,7-10H2,1H3. The Morgan fingerprint density at radius 3 is 2.65 bits per heavy atom. The van der Waals surface area contributed by atoms with Gasteiger partial charge in [0.05, 0.1) is 0 Å². The predicted molar refractivity (Wildman–Crippen MR) is 78.7 cm³/mol. The van der Waals surface area contributed by atoms with Crippen LogP contribution in [0.4, 0.5) is 0 Å². The van der Waals surface area contributed by atoms with Crippen LogP contribution in [0, 0.1) is 5.41 Å². The Balaban J connectivity index is 2.16. The molecule has 2 rings (SSSR count). The summed E-state index contributed by atoms with van der Waals surface area (Å²) in [5, 5.41) is 0. The van der Waals surface area contributed by atoms with E-state index in [1.54, 1.807) is 0 Å². The Kier molecular flexibility index (Phi) is 4.68. The van der Waals surface area contributed by atoms with Crippen LogP contribution in [-0.2, 0) is 0 Å². The van der Waals surface area contributed by atoms with Crippen LogP contribution in [0.15, 0.2) is 29.2 Å². The van der Waals surface area contributed by atoms with E-state index in [0.29, 0.717) is 17.7 Å². The summed E-state index contributed by atoms with van der Waals surface area (Å²) in [4.78, 5) is 1.44. The molecule has 1 unspecified atom stereocenters. The summed E-state index contributed by atoms with van der Waals surface area (Å²) < 4.78 is 0. The average Bonchev–Trinajstić information content (AvgIpc) is 2.79. The second kappa shape index (κ2) is 5.86. The first-order chi connectivity index (χ1) is 8.24. The minimum absolute atomic E-state index is 0.103. The SMILES string of the molecule is CCC(CCl)(CCl)CC1CSc2ccccc21. The molecule has 0 fully saturated rings. The highest BCUT2D eigenvalue weighted by Gasteiger charge is 2.33. The van der Waals surface area contributed by atoms with E-state index in [0.717, 1.165) is 12.8 Å². The van der Waals surface area contributed by atoms with Crippen molar-refractivity contribution >= 4 is 35.0 Å². The molecular formula is C14H18Cl2S. The van der Waals surface area contributed by atoms with Crippen molar-refractivity contribution < 1.29 is 0 Å². The van der Waals surface area contributed by atoms with E-state index in [1.807, 2.05) is 11.8 Å². The van der Waals surface area contributed by atoms with Gasteiger partial charge in [0.25, 0.3) is 0 Å². The lowest BCUT2D eigenvalue weighted by Gasteiger charge is -2.31. The first-order valence-corrected chi connectivity index (χ1v) is 8.14. The molecule has 3 heteroatoms. The zero-order chi connectivity index (χ0) is 12.3. The molecule has 0 saturated carbocycles. The molecule has 0 N–H and O–H groups in total. The van der Waals surface area contributed by atoms with Crippen molar-refractivity contribution in [1.29, 1.82) is 0 Å². The van der Waals surface area contributed by atoms with E-state index in [4.69, 9.17) is 23.2 Å². The molecule has 1 heterocycles. The van der Waals surface area contributed by atoms with E-state index in [1.165, 1.54) is 16.2 Å². The quantitative estimate of drug-likeness (QED) is 0.676. The van der Waals surface area contributed by atoms with Crippen LogP contribution in [0.1, 0.15) is 31.2 Å². The van der Waals surface area contributed by atoms with Crippen molar-refractivity contribution in [2.75, 3.05) is 17.5 Å². The molecule has 0 aliphatic carbocycles. The molecule has 0 spiro atoms. The van der Waals surface area contributed by atoms with Gasteiger partial charge in [-0.2, -0.15) is 0 Å². The van der Waals surface area contributed by atoms with E-state index in [9.17, 15) is 0 Å². The average molecular weight is 289 g/mol. The summed E-state index contributed by atoms with van der Waals surface area (Å²) >= 11 is 14.2. The van der Waals surface area contributed by atoms with Crippen molar-refractivity contribution in [1.82, 2.24) is 0 Å². The lowest BCUT2D eigenvalue weighted by atomic mass is 9.78. The number of benzene rings is 1. The van der Waals surface area contributed by atoms with Crippen molar-refractivity contribution in [3.8, 4) is 0 Å². The molecule has 17 heavy (non-hydrogen) atoms. The number of rotatable bonds is 5. The lowest BCUT2D eigenvalue weighted by molar-refractivity contribution is 0.313. The molecule has 1 aliphatic rings. The molecule has 94 valence electrons. The molecule has 1 aliphatic heterocycles. The predicted octanol–water partition coefficient (Wildman–Crippen LogP) is 5.14. The number of halogens is 2. The monoisotopic (exact) mass is 288 g/mol. The highest BCUT2D eigenvalue weighted by atomic mass is 35.5. The van der Waals surface area contributed by atoms with Gasteiger partial charge in [-0.25, -0.2) is 0 Å². The fraction of sp³-hybridized carbons (Fsp3) is 0.571. The van der Waals surface area contributed by atoms with Crippen LogP contribution in [0.25, 0.3) is 0 Å². The number of hydrogen-bond acceptors (Lipinski definition) is 1. The minimum Gasteiger partial charge on any atom is -0.126 e. The second-order valence-electron chi connectivity index (χ2n) is 4.87. The molecule has 0 bridgehead atoms. The third-order valence-electron chi connectivity index (χ3n) is 3.80. The summed E-state index contributed by atoms with van der Waals surface area (Å²) in [6.45, 7) is 2.19. The Hall–Kier alpha value is 0.150. The minimum atomic E-state index is 0.103. The zero-order valence-corrected chi connectivity index (χ0v) is 12.4. The van der Waals surface area contributed by atoms with Gasteiger partial charge in [0, 0.05) is 22.4 Å². The maximum absolute atomic E-state index is 6.14. The smallest absolute Gasteiger partial charge is 0.0291 e. The maximum atomic E-state index is 6.14. The van der Waals surface area contributed by atoms with Gasteiger partial charge < -0.3 is 0 Å². The van der Waals surface area contributed by atoms with Crippen molar-refractivity contribution in [3.63, 3.8) is 0 Å². The Bertz CT molecular complexity index is 366. The third kappa shape index (κ3) is 2.77. The van der Waals surface area contributed by atoms with Crippen molar-refractivity contribution in [2.24, 2.45) is 5.41 Å². The van der Waals surface area contributed by atoms with Gasteiger partial charge in [-0.15, -0.1) is 35.0 Å². The van der Waals surface area contributed by atoms with Crippen molar-refractivity contribution in [3.05, 3.63) is 29.8 Å². The molecule has 0 aromatic heterocycles. The number of hydrogen-bond donors (Lipinski definition) is 0. The number of alkyl halides is 2. The molecule has 1 atom stereocenters. The topological polar surface area (TPSA) is 0 Å². The van der Waals surface area contributed by atoms with Gasteiger partial charge in [0.15, 0.2) is 0 Å². The first kappa shape index (κ1) is 13.6. The third-order valence-corrected chi connectivity index (χ3v) is 6.18. The van der Waals surface area contributed by atoms with Crippen molar-refractivity contribution in [2.45, 2.75) is 30.6 Å². The van der Waals surface area contributed by atoms with E-state index in [2.05, 4.69) is 31.2 Å². The number of fused-ring (bicyclic) bond motifs is 1. The maximum Gasteiger partial charge on any atom is 0.0291 e. The fourth-order valence-corrected chi connectivity index (χ4v) is 4.54. The molecule has 0 amide bonds. The van der Waals surface area contributed by atoms with Gasteiger partial charge in [0.2, 0.25) is 0 Å². The molecule has 1 aromatic rings. The van der Waals surface area contributed by atoms with Crippen LogP contribution in [0.2, 0.25) is 0 Å². The summed E-state index contributed by atoms with van der Waals surface area (Å²) in [6.07, 6.45) is 2.17. The summed E-state index contributed by atoms with van der Waals surface area (Å²) in [5.41, 5.74) is 1.59. The molecule has 0 saturated heterocycles.